The summed E-state index contributed by atoms with van der Waals surface area (Å²) in [4.78, 5) is 13.0. The van der Waals surface area contributed by atoms with Crippen LogP contribution in [0, 0.1) is 11.2 Å². The first kappa shape index (κ1) is 33.1. The number of carbonyl (C=O) groups excluding carboxylic acids is 1. The van der Waals surface area contributed by atoms with Gasteiger partial charge < -0.3 is 19.1 Å². The van der Waals surface area contributed by atoms with Crippen molar-refractivity contribution in [3.05, 3.63) is 88.0 Å². The molecule has 0 fully saturated rings. The van der Waals surface area contributed by atoms with Gasteiger partial charge in [0, 0.05) is 35.4 Å². The van der Waals surface area contributed by atoms with Gasteiger partial charge in [-0.05, 0) is 36.6 Å². The van der Waals surface area contributed by atoms with E-state index in [1.165, 1.54) is 32.9 Å². The van der Waals surface area contributed by atoms with E-state index in [9.17, 15) is 26.7 Å². The van der Waals surface area contributed by atoms with Gasteiger partial charge >= 0.3 is 5.92 Å². The molecule has 0 radical (unpaired) electrons. The largest absolute Gasteiger partial charge is 0.377 e. The number of hydrogen-bond acceptors (Lipinski definition) is 6. The lowest BCUT2D eigenvalue weighted by Crippen LogP contribution is -2.30. The minimum absolute atomic E-state index is 0.127. The molecule has 2 aromatic carbocycles. The number of anilines is 1. The van der Waals surface area contributed by atoms with Gasteiger partial charge in [0.25, 0.3) is 6.43 Å². The lowest BCUT2D eigenvalue weighted by Gasteiger charge is -2.27. The fourth-order valence-electron chi connectivity index (χ4n) is 4.45. The molecule has 0 saturated heterocycles. The maximum Gasteiger partial charge on any atom is 0.312 e. The summed E-state index contributed by atoms with van der Waals surface area (Å²) in [6, 6.07) is 13.9. The summed E-state index contributed by atoms with van der Waals surface area (Å²) < 4.78 is 88.8. The Balaban J connectivity index is 1.58. The minimum atomic E-state index is -3.47. The summed E-state index contributed by atoms with van der Waals surface area (Å²) >= 11 is 5.78. The molecule has 13 heteroatoms. The molecule has 4 aromatic rings. The Morgan fingerprint density at radius 3 is 2.43 bits per heavy atom. The van der Waals surface area contributed by atoms with Crippen LogP contribution >= 0.6 is 11.6 Å². The summed E-state index contributed by atoms with van der Waals surface area (Å²) in [5, 5.41) is 9.94. The van der Waals surface area contributed by atoms with Crippen molar-refractivity contribution in [1.29, 1.82) is 0 Å². The Morgan fingerprint density at radius 2 is 1.77 bits per heavy atom. The Labute approximate surface area is 255 Å². The molecular weight excluding hydrogens is 609 g/mol. The van der Waals surface area contributed by atoms with Crippen LogP contribution in [0.15, 0.2) is 63.6 Å². The van der Waals surface area contributed by atoms with E-state index in [1.807, 2.05) is 30.3 Å². The second-order valence-electron chi connectivity index (χ2n) is 11.3. The molecule has 1 amide bonds. The molecule has 0 bridgehead atoms. The Kier molecular flexibility index (Phi) is 10.5. The normalized spacial score (nSPS) is 13.0. The molecule has 0 aliphatic heterocycles. The van der Waals surface area contributed by atoms with Gasteiger partial charge in [-0.25, -0.2) is 13.2 Å². The minimum Gasteiger partial charge on any atom is -0.377 e. The zero-order valence-electron chi connectivity index (χ0n) is 24.2. The van der Waals surface area contributed by atoms with E-state index in [4.69, 9.17) is 25.4 Å². The van der Waals surface area contributed by atoms with Crippen molar-refractivity contribution in [1.82, 2.24) is 10.3 Å². The van der Waals surface area contributed by atoms with Gasteiger partial charge in [0.1, 0.15) is 5.82 Å². The number of hydrogen-bond donors (Lipinski definition) is 1. The number of halogens is 6. The smallest absolute Gasteiger partial charge is 0.312 e. The van der Waals surface area contributed by atoms with E-state index in [-0.39, 0.29) is 35.9 Å². The first-order valence-corrected chi connectivity index (χ1v) is 14.1. The average molecular weight is 640 g/mol. The van der Waals surface area contributed by atoms with Gasteiger partial charge in [0.15, 0.2) is 11.5 Å². The van der Waals surface area contributed by atoms with Gasteiger partial charge in [-0.2, -0.15) is 8.78 Å². The predicted molar refractivity (Wildman–Crippen MR) is 153 cm³/mol. The SMILES string of the molecule is CC(C)(C)C(F)(F)c1cc(-c2onc([C@@H](CCCOCc3ccccc3)CC(=O)Nc3ccc(Cl)cc3F)c2C(F)F)no1. The van der Waals surface area contributed by atoms with E-state index in [0.717, 1.165) is 17.7 Å². The van der Waals surface area contributed by atoms with Crippen LogP contribution in [0.1, 0.15) is 75.0 Å². The monoisotopic (exact) mass is 639 g/mol. The number of amides is 1. The molecule has 0 aliphatic carbocycles. The van der Waals surface area contributed by atoms with Crippen LogP contribution in [0.5, 0.6) is 0 Å². The second-order valence-corrected chi connectivity index (χ2v) is 11.7. The summed E-state index contributed by atoms with van der Waals surface area (Å²) in [5.41, 5.74) is -2.10. The van der Waals surface area contributed by atoms with Crippen molar-refractivity contribution in [3.63, 3.8) is 0 Å². The lowest BCUT2D eigenvalue weighted by atomic mass is 9.86. The van der Waals surface area contributed by atoms with Crippen LogP contribution in [0.4, 0.5) is 27.6 Å². The molecule has 0 aliphatic rings. The van der Waals surface area contributed by atoms with Crippen molar-refractivity contribution in [3.8, 4) is 11.5 Å². The maximum atomic E-state index is 14.8. The van der Waals surface area contributed by atoms with Crippen molar-refractivity contribution < 1.29 is 40.5 Å². The van der Waals surface area contributed by atoms with E-state index < -0.39 is 58.2 Å². The lowest BCUT2D eigenvalue weighted by molar-refractivity contribution is -0.122. The van der Waals surface area contributed by atoms with Crippen molar-refractivity contribution in [2.45, 2.75) is 64.9 Å². The van der Waals surface area contributed by atoms with Crippen molar-refractivity contribution in [2.24, 2.45) is 5.41 Å². The van der Waals surface area contributed by atoms with Crippen LogP contribution < -0.4 is 5.32 Å². The summed E-state index contributed by atoms with van der Waals surface area (Å²) in [6.45, 7) is 4.44. The number of carbonyl (C=O) groups is 1. The number of ether oxygens (including phenoxy) is 1. The third-order valence-corrected chi connectivity index (χ3v) is 7.18. The van der Waals surface area contributed by atoms with Gasteiger partial charge in [-0.15, -0.1) is 0 Å². The topological polar surface area (TPSA) is 90.4 Å². The highest BCUT2D eigenvalue weighted by Gasteiger charge is 2.48. The number of rotatable bonds is 13. The maximum absolute atomic E-state index is 14.8. The summed E-state index contributed by atoms with van der Waals surface area (Å²) in [7, 11) is 0. The molecule has 1 N–H and O–H groups in total. The average Bonchev–Trinajstić information content (AvgIpc) is 3.62. The summed E-state index contributed by atoms with van der Waals surface area (Å²) in [6.07, 6.45) is -3.04. The zero-order valence-corrected chi connectivity index (χ0v) is 24.9. The molecule has 0 spiro atoms. The summed E-state index contributed by atoms with van der Waals surface area (Å²) in [5.74, 6) is -7.24. The van der Waals surface area contributed by atoms with E-state index in [2.05, 4.69) is 15.6 Å². The number of nitrogens with zero attached hydrogens (tertiary/aromatic N) is 2. The van der Waals surface area contributed by atoms with Crippen LogP contribution in [0.2, 0.25) is 5.02 Å². The fraction of sp³-hybridized carbons (Fsp3) is 0.387. The highest BCUT2D eigenvalue weighted by Crippen LogP contribution is 2.46. The van der Waals surface area contributed by atoms with Gasteiger partial charge in [0.05, 0.1) is 23.6 Å². The molecule has 2 heterocycles. The molecule has 1 atom stereocenters. The van der Waals surface area contributed by atoms with Crippen LogP contribution in [-0.2, 0) is 22.1 Å². The highest BCUT2D eigenvalue weighted by molar-refractivity contribution is 6.30. The molecule has 7 nitrogen and oxygen atoms in total. The molecule has 44 heavy (non-hydrogen) atoms. The van der Waals surface area contributed by atoms with E-state index >= 15 is 0 Å². The first-order chi connectivity index (χ1) is 20.8. The van der Waals surface area contributed by atoms with E-state index in [0.29, 0.717) is 13.0 Å². The number of alkyl halides is 4. The highest BCUT2D eigenvalue weighted by atomic mass is 35.5. The third kappa shape index (κ3) is 7.84. The van der Waals surface area contributed by atoms with Gasteiger partial charge in [-0.3, -0.25) is 4.79 Å². The van der Waals surface area contributed by atoms with Crippen LogP contribution in [-0.4, -0.2) is 22.8 Å². The molecule has 2 aromatic heterocycles. The zero-order chi connectivity index (χ0) is 32.1. The van der Waals surface area contributed by atoms with Crippen molar-refractivity contribution >= 4 is 23.2 Å². The predicted octanol–water partition coefficient (Wildman–Crippen LogP) is 9.31. The quantitative estimate of drug-likeness (QED) is 0.116. The standard InChI is InChI=1S/C31H31ClF5N3O4/c1-30(2,3)31(36,37)24-16-23(39-43-24)28-26(29(34)35)27(40-44-28)19(10-7-13-42-17-18-8-5-4-6-9-18)14-25(41)38-22-12-11-20(32)15-21(22)33/h4-6,8-9,11-12,15-16,19,29H,7,10,13-14,17H2,1-3H3,(H,38,41)/t19-/m0/s1. The van der Waals surface area contributed by atoms with E-state index in [1.54, 1.807) is 0 Å². The molecule has 4 rings (SSSR count). The van der Waals surface area contributed by atoms with Crippen molar-refractivity contribution in [2.75, 3.05) is 11.9 Å². The van der Waals surface area contributed by atoms with Gasteiger partial charge in [-0.1, -0.05) is 73.0 Å². The first-order valence-electron chi connectivity index (χ1n) is 13.8. The van der Waals surface area contributed by atoms with Crippen LogP contribution in [0.25, 0.3) is 11.5 Å². The van der Waals surface area contributed by atoms with Gasteiger partial charge in [0.2, 0.25) is 11.7 Å². The second kappa shape index (κ2) is 13.9. The Bertz CT molecular complexity index is 1550. The Morgan fingerprint density at radius 1 is 1.05 bits per heavy atom. The molecule has 0 saturated carbocycles. The van der Waals surface area contributed by atoms with Crippen LogP contribution in [0.3, 0.4) is 0 Å². The number of nitrogens with one attached hydrogen (secondary N) is 1. The molecular formula is C31H31ClF5N3O4. The Hall–Kier alpha value is -3.77. The third-order valence-electron chi connectivity index (χ3n) is 6.94. The molecule has 236 valence electrons. The molecule has 0 unspecified atom stereocenters. The number of benzene rings is 2. The number of aromatic nitrogens is 2. The fourth-order valence-corrected chi connectivity index (χ4v) is 4.61.